The summed E-state index contributed by atoms with van der Waals surface area (Å²) in [4.78, 5) is 0. The third-order valence-electron chi connectivity index (χ3n) is 13.2. The molecule has 5 saturated carbocycles. The summed E-state index contributed by atoms with van der Waals surface area (Å²) in [6.45, 7) is 24.5. The minimum absolute atomic E-state index is 0.414. The second-order valence-electron chi connectivity index (χ2n) is 14.3. The maximum Gasteiger partial charge on any atom is -0.00839 e. The third kappa shape index (κ3) is 2.78. The number of allylic oxidation sites excluding steroid dienone is 2. The van der Waals surface area contributed by atoms with Gasteiger partial charge in [-0.05, 0) is 134 Å². The van der Waals surface area contributed by atoms with Crippen molar-refractivity contribution in [2.45, 2.75) is 106 Å². The van der Waals surface area contributed by atoms with Gasteiger partial charge in [0.25, 0.3) is 0 Å². The molecule has 0 N–H and O–H groups in total. The molecule has 5 rings (SSSR count). The Hall–Kier alpha value is -0.520. The zero-order valence-electron chi connectivity index (χ0n) is 21.6. The van der Waals surface area contributed by atoms with Gasteiger partial charge in [-0.2, -0.15) is 0 Å². The summed E-state index contributed by atoms with van der Waals surface area (Å²) in [6, 6.07) is 0. The van der Waals surface area contributed by atoms with Gasteiger partial charge in [-0.15, -0.1) is 6.58 Å². The van der Waals surface area contributed by atoms with E-state index in [4.69, 9.17) is 0 Å². The Kier molecular flexibility index (Phi) is 5.03. The highest BCUT2D eigenvalue weighted by atomic mass is 14.7. The van der Waals surface area contributed by atoms with Crippen LogP contribution in [0.15, 0.2) is 24.8 Å². The first-order chi connectivity index (χ1) is 14.5. The Labute approximate surface area is 193 Å². The lowest BCUT2D eigenvalue weighted by molar-refractivity contribution is -0.203. The van der Waals surface area contributed by atoms with Gasteiger partial charge in [0.1, 0.15) is 0 Å². The number of hydrogen-bond donors (Lipinski definition) is 0. The SMILES string of the molecule is C=C[C@@]12CC[C@@H]3[C@@H](CC[C@@H]4[C@@]3(C)CC[C@@H]3C(C)(C)[C@@H](C)CC[C@]43C)[C@@H]1[C@H](C(=C)C)CC2. The van der Waals surface area contributed by atoms with Crippen LogP contribution < -0.4 is 0 Å². The highest BCUT2D eigenvalue weighted by Crippen LogP contribution is 2.74. The van der Waals surface area contributed by atoms with Crippen molar-refractivity contribution in [3.8, 4) is 0 Å². The fourth-order valence-electron chi connectivity index (χ4n) is 11.4. The first-order valence-electron chi connectivity index (χ1n) is 13.8. The molecule has 10 atom stereocenters. The molecule has 0 heterocycles. The summed E-state index contributed by atoms with van der Waals surface area (Å²) in [5.41, 5.74) is 3.49. The lowest BCUT2D eigenvalue weighted by Gasteiger charge is -2.69. The maximum atomic E-state index is 4.48. The molecule has 0 radical (unpaired) electrons. The van der Waals surface area contributed by atoms with Gasteiger partial charge in [0.2, 0.25) is 0 Å². The average molecular weight is 423 g/mol. The van der Waals surface area contributed by atoms with Gasteiger partial charge >= 0.3 is 0 Å². The highest BCUT2D eigenvalue weighted by molar-refractivity contribution is 5.21. The van der Waals surface area contributed by atoms with Gasteiger partial charge in [0.15, 0.2) is 0 Å². The Morgan fingerprint density at radius 2 is 1.48 bits per heavy atom. The van der Waals surface area contributed by atoms with Gasteiger partial charge in [0, 0.05) is 0 Å². The Morgan fingerprint density at radius 1 is 0.806 bits per heavy atom. The molecule has 0 amide bonds. The summed E-state index contributed by atoms with van der Waals surface area (Å²) >= 11 is 0. The van der Waals surface area contributed by atoms with Crippen molar-refractivity contribution < 1.29 is 0 Å². The van der Waals surface area contributed by atoms with Crippen LogP contribution in [0.1, 0.15) is 106 Å². The second-order valence-corrected chi connectivity index (χ2v) is 14.3. The number of fused-ring (bicyclic) bond motifs is 7. The smallest absolute Gasteiger partial charge is 0.00839 e. The van der Waals surface area contributed by atoms with Crippen molar-refractivity contribution in [3.05, 3.63) is 24.8 Å². The zero-order chi connectivity index (χ0) is 22.4. The Bertz CT molecular complexity index is 758. The predicted octanol–water partition coefficient (Wildman–Crippen LogP) is 9.08. The van der Waals surface area contributed by atoms with E-state index < -0.39 is 0 Å². The zero-order valence-corrected chi connectivity index (χ0v) is 21.6. The van der Waals surface area contributed by atoms with Crippen molar-refractivity contribution in [1.82, 2.24) is 0 Å². The van der Waals surface area contributed by atoms with Crippen LogP contribution in [0, 0.1) is 63.1 Å². The minimum atomic E-state index is 0.414. The predicted molar refractivity (Wildman–Crippen MR) is 134 cm³/mol. The van der Waals surface area contributed by atoms with E-state index in [2.05, 4.69) is 60.8 Å². The molecule has 5 fully saturated rings. The molecule has 0 aliphatic heterocycles. The van der Waals surface area contributed by atoms with Crippen LogP contribution in [0.3, 0.4) is 0 Å². The second kappa shape index (κ2) is 6.99. The maximum absolute atomic E-state index is 4.48. The molecular weight excluding hydrogens is 372 g/mol. The number of rotatable bonds is 2. The molecule has 0 bridgehead atoms. The van der Waals surface area contributed by atoms with Crippen molar-refractivity contribution in [1.29, 1.82) is 0 Å². The molecule has 0 heteroatoms. The molecule has 0 aromatic rings. The van der Waals surface area contributed by atoms with Crippen LogP contribution in [0.4, 0.5) is 0 Å². The molecule has 0 spiro atoms. The van der Waals surface area contributed by atoms with Gasteiger partial charge in [-0.25, -0.2) is 0 Å². The van der Waals surface area contributed by atoms with Crippen molar-refractivity contribution in [2.24, 2.45) is 63.1 Å². The minimum Gasteiger partial charge on any atom is -0.103 e. The number of hydrogen-bond acceptors (Lipinski definition) is 0. The molecule has 5 aliphatic carbocycles. The lowest BCUT2D eigenvalue weighted by atomic mass is 9.35. The molecule has 0 unspecified atom stereocenters. The monoisotopic (exact) mass is 422 g/mol. The van der Waals surface area contributed by atoms with Crippen molar-refractivity contribution in [2.75, 3.05) is 0 Å². The van der Waals surface area contributed by atoms with Crippen LogP contribution in [-0.2, 0) is 0 Å². The summed E-state index contributed by atoms with van der Waals surface area (Å²) in [6.07, 6.45) is 16.9. The average Bonchev–Trinajstić information content (AvgIpc) is 3.11. The summed E-state index contributed by atoms with van der Waals surface area (Å²) < 4.78 is 0. The van der Waals surface area contributed by atoms with Crippen molar-refractivity contribution in [3.63, 3.8) is 0 Å². The first kappa shape index (κ1) is 22.3. The van der Waals surface area contributed by atoms with E-state index >= 15 is 0 Å². The van der Waals surface area contributed by atoms with Gasteiger partial charge in [-0.1, -0.05) is 52.8 Å². The van der Waals surface area contributed by atoms with Gasteiger partial charge in [0.05, 0.1) is 0 Å². The molecule has 31 heavy (non-hydrogen) atoms. The van der Waals surface area contributed by atoms with E-state index in [-0.39, 0.29) is 0 Å². The van der Waals surface area contributed by atoms with Crippen LogP contribution in [0.2, 0.25) is 0 Å². The fourth-order valence-corrected chi connectivity index (χ4v) is 11.4. The van der Waals surface area contributed by atoms with Gasteiger partial charge < -0.3 is 0 Å². The molecular formula is C31H50. The van der Waals surface area contributed by atoms with Crippen molar-refractivity contribution >= 4 is 0 Å². The topological polar surface area (TPSA) is 0 Å². The van der Waals surface area contributed by atoms with E-state index in [9.17, 15) is 0 Å². The van der Waals surface area contributed by atoms with E-state index in [0.29, 0.717) is 21.7 Å². The van der Waals surface area contributed by atoms with E-state index in [1.54, 1.807) is 0 Å². The highest BCUT2D eigenvalue weighted by Gasteiger charge is 2.66. The quantitative estimate of drug-likeness (QED) is 0.389. The van der Waals surface area contributed by atoms with E-state index in [0.717, 1.165) is 41.4 Å². The lowest BCUT2D eigenvalue weighted by Crippen LogP contribution is -2.62. The Morgan fingerprint density at radius 3 is 2.16 bits per heavy atom. The van der Waals surface area contributed by atoms with Crippen LogP contribution >= 0.6 is 0 Å². The fraction of sp³-hybridized carbons (Fsp3) is 0.871. The van der Waals surface area contributed by atoms with Crippen LogP contribution in [-0.4, -0.2) is 0 Å². The largest absolute Gasteiger partial charge is 0.103 e. The Balaban J connectivity index is 1.51. The molecule has 5 aliphatic rings. The third-order valence-corrected chi connectivity index (χ3v) is 13.2. The van der Waals surface area contributed by atoms with Crippen LogP contribution in [0.25, 0.3) is 0 Å². The standard InChI is InChI=1S/C31H50/c1-9-31-18-13-22(20(2)3)27(31)23-10-11-26-29(7,24(23)14-19-31)17-15-25-28(5,6)21(4)12-16-30(25,26)8/h9,21-27H,1-2,10-19H2,3-8H3/t21-,22-,23+,24+,25+,26+,27-,29-,30-,31+/m0/s1. The van der Waals surface area contributed by atoms with E-state index in [1.165, 1.54) is 69.8 Å². The van der Waals surface area contributed by atoms with Crippen LogP contribution in [0.5, 0.6) is 0 Å². The summed E-state index contributed by atoms with van der Waals surface area (Å²) in [5.74, 6) is 6.15. The first-order valence-corrected chi connectivity index (χ1v) is 13.8. The molecule has 0 saturated heterocycles. The molecule has 0 nitrogen and oxygen atoms in total. The summed E-state index contributed by atoms with van der Waals surface area (Å²) in [5, 5.41) is 0. The van der Waals surface area contributed by atoms with Gasteiger partial charge in [-0.3, -0.25) is 0 Å². The summed E-state index contributed by atoms with van der Waals surface area (Å²) in [7, 11) is 0. The normalized spacial score (nSPS) is 55.4. The molecule has 174 valence electrons. The molecule has 0 aromatic carbocycles. The molecule has 0 aromatic heterocycles. The van der Waals surface area contributed by atoms with E-state index in [1.807, 2.05) is 0 Å².